The predicted molar refractivity (Wildman–Crippen MR) is 95.6 cm³/mol. The van der Waals surface area contributed by atoms with Crippen molar-refractivity contribution < 1.29 is 9.47 Å². The molecule has 1 aliphatic heterocycles. The number of benzene rings is 1. The number of rotatable bonds is 9. The number of ether oxygens (including phenoxy) is 2. The van der Waals surface area contributed by atoms with Gasteiger partial charge in [0.05, 0.1) is 6.61 Å². The molecule has 1 aliphatic rings. The molecule has 0 aromatic heterocycles. The Morgan fingerprint density at radius 2 is 2.00 bits per heavy atom. The summed E-state index contributed by atoms with van der Waals surface area (Å²) in [6, 6.07) is 10.8. The van der Waals surface area contributed by atoms with Gasteiger partial charge in [0, 0.05) is 17.4 Å². The fourth-order valence-electron chi connectivity index (χ4n) is 3.05. The fourth-order valence-corrected chi connectivity index (χ4v) is 3.44. The van der Waals surface area contributed by atoms with Gasteiger partial charge in [0.2, 0.25) is 0 Å². The van der Waals surface area contributed by atoms with Crippen molar-refractivity contribution >= 4 is 15.9 Å². The second-order valence-electron chi connectivity index (χ2n) is 6.53. The normalized spacial score (nSPS) is 21.5. The molecule has 2 rings (SSSR count). The lowest BCUT2D eigenvalue weighted by Gasteiger charge is -2.33. The molecule has 0 aliphatic carbocycles. The maximum absolute atomic E-state index is 6.13. The summed E-state index contributed by atoms with van der Waals surface area (Å²) in [6.07, 6.45) is 8.35. The van der Waals surface area contributed by atoms with Crippen molar-refractivity contribution in [2.75, 3.05) is 18.5 Å². The second-order valence-corrected chi connectivity index (χ2v) is 7.33. The first kappa shape index (κ1) is 18.0. The van der Waals surface area contributed by atoms with Crippen molar-refractivity contribution in [3.8, 4) is 0 Å². The van der Waals surface area contributed by atoms with E-state index in [9.17, 15) is 0 Å². The van der Waals surface area contributed by atoms with Gasteiger partial charge in [-0.2, -0.15) is 0 Å². The fraction of sp³-hybridized carbons (Fsp3) is 0.684. The molecule has 1 heterocycles. The summed E-state index contributed by atoms with van der Waals surface area (Å²) in [6.45, 7) is 3.92. The van der Waals surface area contributed by atoms with Crippen LogP contribution in [0, 0.1) is 0 Å². The van der Waals surface area contributed by atoms with E-state index >= 15 is 0 Å². The third-order valence-corrected chi connectivity index (χ3v) is 5.12. The molecule has 0 saturated carbocycles. The van der Waals surface area contributed by atoms with Gasteiger partial charge in [-0.25, -0.2) is 0 Å². The lowest BCUT2D eigenvalue weighted by Crippen LogP contribution is -2.33. The molecule has 0 spiro atoms. The van der Waals surface area contributed by atoms with Crippen molar-refractivity contribution in [3.05, 3.63) is 35.9 Å². The molecule has 0 amide bonds. The molecule has 0 radical (unpaired) electrons. The zero-order valence-electron chi connectivity index (χ0n) is 13.7. The zero-order valence-corrected chi connectivity index (χ0v) is 15.3. The number of alkyl halides is 1. The first-order valence-corrected chi connectivity index (χ1v) is 9.71. The van der Waals surface area contributed by atoms with Crippen LogP contribution < -0.4 is 0 Å². The predicted octanol–water partition coefficient (Wildman–Crippen LogP) is 5.44. The topological polar surface area (TPSA) is 18.5 Å². The summed E-state index contributed by atoms with van der Waals surface area (Å²) >= 11 is 3.52. The van der Waals surface area contributed by atoms with E-state index in [-0.39, 0.29) is 11.7 Å². The van der Waals surface area contributed by atoms with Crippen LogP contribution in [0.5, 0.6) is 0 Å². The molecule has 124 valence electrons. The van der Waals surface area contributed by atoms with Crippen molar-refractivity contribution in [2.45, 2.75) is 63.6 Å². The van der Waals surface area contributed by atoms with Crippen LogP contribution in [0.1, 0.15) is 57.4 Å². The molecule has 1 fully saturated rings. The van der Waals surface area contributed by atoms with Gasteiger partial charge in [-0.3, -0.25) is 0 Å². The second kappa shape index (κ2) is 9.69. The Bertz CT molecular complexity index is 403. The van der Waals surface area contributed by atoms with E-state index in [1.165, 1.54) is 37.7 Å². The Balaban J connectivity index is 1.94. The van der Waals surface area contributed by atoms with Crippen molar-refractivity contribution in [2.24, 2.45) is 0 Å². The Morgan fingerprint density at radius 1 is 1.18 bits per heavy atom. The van der Waals surface area contributed by atoms with E-state index in [0.29, 0.717) is 0 Å². The van der Waals surface area contributed by atoms with E-state index < -0.39 is 0 Å². The van der Waals surface area contributed by atoms with E-state index in [1.54, 1.807) is 0 Å². The Labute approximate surface area is 143 Å². The quantitative estimate of drug-likeness (QED) is 0.426. The molecule has 2 atom stereocenters. The molecule has 2 nitrogen and oxygen atoms in total. The molecule has 0 unspecified atom stereocenters. The first-order chi connectivity index (χ1) is 10.7. The maximum atomic E-state index is 6.13. The van der Waals surface area contributed by atoms with Crippen LogP contribution in [-0.2, 0) is 14.9 Å². The Hall–Kier alpha value is -0.380. The van der Waals surface area contributed by atoms with Gasteiger partial charge in [0.25, 0.3) is 0 Å². The molecular weight excluding hydrogens is 340 g/mol. The van der Waals surface area contributed by atoms with Gasteiger partial charge in [-0.1, -0.05) is 66.0 Å². The number of unbranched alkanes of at least 4 members (excludes halogenated alkanes) is 2. The summed E-state index contributed by atoms with van der Waals surface area (Å²) < 4.78 is 11.9. The highest BCUT2D eigenvalue weighted by Crippen LogP contribution is 2.31. The largest absolute Gasteiger partial charge is 0.353 e. The minimum Gasteiger partial charge on any atom is -0.353 e. The summed E-state index contributed by atoms with van der Waals surface area (Å²) in [5.74, 6) is 0. The van der Waals surface area contributed by atoms with Crippen LogP contribution in [-0.4, -0.2) is 24.8 Å². The van der Waals surface area contributed by atoms with Crippen LogP contribution in [0.3, 0.4) is 0 Å². The summed E-state index contributed by atoms with van der Waals surface area (Å²) in [5.41, 5.74) is 1.46. The van der Waals surface area contributed by atoms with Crippen LogP contribution >= 0.6 is 15.9 Å². The average Bonchev–Trinajstić information content (AvgIpc) is 2.59. The molecule has 1 saturated heterocycles. The van der Waals surface area contributed by atoms with Gasteiger partial charge in [0.15, 0.2) is 6.29 Å². The highest BCUT2D eigenvalue weighted by atomic mass is 79.9. The summed E-state index contributed by atoms with van der Waals surface area (Å²) in [7, 11) is 0. The molecule has 1 aromatic carbocycles. The van der Waals surface area contributed by atoms with Gasteiger partial charge >= 0.3 is 0 Å². The van der Waals surface area contributed by atoms with Gasteiger partial charge in [-0.15, -0.1) is 0 Å². The lowest BCUT2D eigenvalue weighted by atomic mass is 9.79. The maximum Gasteiger partial charge on any atom is 0.157 e. The third kappa shape index (κ3) is 5.68. The van der Waals surface area contributed by atoms with Crippen LogP contribution in [0.15, 0.2) is 30.3 Å². The highest BCUT2D eigenvalue weighted by Gasteiger charge is 2.28. The van der Waals surface area contributed by atoms with E-state index in [0.717, 1.165) is 31.4 Å². The van der Waals surface area contributed by atoms with Crippen LogP contribution in [0.4, 0.5) is 0 Å². The van der Waals surface area contributed by atoms with Gasteiger partial charge in [0.1, 0.15) is 0 Å². The molecule has 0 bridgehead atoms. The zero-order chi connectivity index (χ0) is 15.7. The van der Waals surface area contributed by atoms with E-state index in [1.807, 2.05) is 0 Å². The monoisotopic (exact) mass is 368 g/mol. The Morgan fingerprint density at radius 3 is 2.68 bits per heavy atom. The minimum atomic E-state index is -0.000621. The highest BCUT2D eigenvalue weighted by molar-refractivity contribution is 9.09. The number of halogens is 1. The first-order valence-electron chi connectivity index (χ1n) is 8.59. The molecular formula is C19H29BrO2. The SMILES string of the molecule is C[C@@](CCCCCBr)(CO[C@@H]1CCCCO1)c1ccccc1. The molecule has 3 heteroatoms. The molecule has 0 N–H and O–H groups in total. The molecule has 1 aromatic rings. The van der Waals surface area contributed by atoms with Gasteiger partial charge < -0.3 is 9.47 Å². The average molecular weight is 369 g/mol. The van der Waals surface area contributed by atoms with Crippen LogP contribution in [0.2, 0.25) is 0 Å². The van der Waals surface area contributed by atoms with Crippen molar-refractivity contribution in [1.82, 2.24) is 0 Å². The van der Waals surface area contributed by atoms with Crippen molar-refractivity contribution in [3.63, 3.8) is 0 Å². The summed E-state index contributed by atoms with van der Waals surface area (Å²) in [4.78, 5) is 0. The number of hydrogen-bond acceptors (Lipinski definition) is 2. The standard InChI is InChI=1S/C19H29BrO2/c1-19(13-7-3-8-14-20,17-10-4-2-5-11-17)16-22-18-12-6-9-15-21-18/h2,4-5,10-11,18H,3,6-9,12-16H2,1H3/t18-,19-/m1/s1. The number of hydrogen-bond donors (Lipinski definition) is 0. The lowest BCUT2D eigenvalue weighted by molar-refractivity contribution is -0.171. The van der Waals surface area contributed by atoms with E-state index in [4.69, 9.17) is 9.47 Å². The summed E-state index contributed by atoms with van der Waals surface area (Å²) in [5, 5.41) is 1.10. The van der Waals surface area contributed by atoms with Crippen molar-refractivity contribution in [1.29, 1.82) is 0 Å². The smallest absolute Gasteiger partial charge is 0.157 e. The Kier molecular flexibility index (Phi) is 7.91. The van der Waals surface area contributed by atoms with Crippen LogP contribution in [0.25, 0.3) is 0 Å². The van der Waals surface area contributed by atoms with Gasteiger partial charge in [-0.05, 0) is 37.7 Å². The minimum absolute atomic E-state index is 0.000621. The molecule has 22 heavy (non-hydrogen) atoms. The third-order valence-electron chi connectivity index (χ3n) is 4.56. The van der Waals surface area contributed by atoms with E-state index in [2.05, 4.69) is 53.2 Å².